The molecule has 0 radical (unpaired) electrons. The first kappa shape index (κ1) is 16.1. The Hall–Kier alpha value is -2.76. The number of anilines is 1. The summed E-state index contributed by atoms with van der Waals surface area (Å²) in [5.74, 6) is 2.23. The van der Waals surface area contributed by atoms with Gasteiger partial charge in [-0.1, -0.05) is 6.07 Å². The fourth-order valence-corrected chi connectivity index (χ4v) is 2.64. The first-order chi connectivity index (χ1) is 11.4. The van der Waals surface area contributed by atoms with Crippen molar-refractivity contribution in [3.8, 4) is 22.8 Å². The van der Waals surface area contributed by atoms with Crippen LogP contribution in [0.4, 0.5) is 5.82 Å². The molecule has 0 aliphatic carbocycles. The fraction of sp³-hybridized carbons (Fsp3) is 0.333. The van der Waals surface area contributed by atoms with Gasteiger partial charge in [-0.3, -0.25) is 9.38 Å². The van der Waals surface area contributed by atoms with E-state index in [9.17, 15) is 0 Å². The molecule has 0 amide bonds. The van der Waals surface area contributed by atoms with Crippen LogP contribution in [0, 0.1) is 0 Å². The molecule has 0 atom stereocenters. The van der Waals surface area contributed by atoms with Crippen molar-refractivity contribution in [3.63, 3.8) is 0 Å². The Morgan fingerprint density at radius 1 is 1.12 bits per heavy atom. The Balaban J connectivity index is 2.28. The third-order valence-corrected chi connectivity index (χ3v) is 3.58. The van der Waals surface area contributed by atoms with E-state index in [2.05, 4.69) is 31.1 Å². The summed E-state index contributed by atoms with van der Waals surface area (Å²) in [6.45, 7) is 6.33. The molecule has 2 heterocycles. The Labute approximate surface area is 141 Å². The molecule has 0 aliphatic heterocycles. The molecule has 0 bridgehead atoms. The number of rotatable bonds is 4. The second-order valence-corrected chi connectivity index (χ2v) is 6.53. The zero-order valence-electron chi connectivity index (χ0n) is 14.6. The van der Waals surface area contributed by atoms with Crippen LogP contribution in [0.15, 0.2) is 36.8 Å². The molecule has 0 saturated carbocycles. The van der Waals surface area contributed by atoms with Crippen molar-refractivity contribution in [1.82, 2.24) is 14.4 Å². The molecule has 0 fully saturated rings. The van der Waals surface area contributed by atoms with Crippen LogP contribution >= 0.6 is 0 Å². The lowest BCUT2D eigenvalue weighted by atomic mass is 10.1. The van der Waals surface area contributed by atoms with Crippen LogP contribution in [-0.2, 0) is 0 Å². The Morgan fingerprint density at radius 2 is 1.92 bits per heavy atom. The van der Waals surface area contributed by atoms with Crippen LogP contribution in [0.3, 0.4) is 0 Å². The standard InChI is InChI=1S/C18H22N4O2/c1-18(2,3)21-17-15(20-14-11-19-9-10-22(14)17)12-7-6-8-13(23-4)16(12)24-5/h6-11,21H,1-5H3. The first-order valence-electron chi connectivity index (χ1n) is 7.76. The zero-order chi connectivity index (χ0) is 17.3. The normalized spacial score (nSPS) is 11.5. The van der Waals surface area contributed by atoms with Gasteiger partial charge in [0.25, 0.3) is 0 Å². The van der Waals surface area contributed by atoms with E-state index in [0.717, 1.165) is 22.7 Å². The molecule has 0 unspecified atom stereocenters. The maximum atomic E-state index is 5.59. The Bertz CT molecular complexity index is 865. The SMILES string of the molecule is COc1cccc(-c2nc3cnccn3c2NC(C)(C)C)c1OC. The molecule has 0 spiro atoms. The minimum atomic E-state index is -0.125. The number of benzene rings is 1. The third kappa shape index (κ3) is 2.87. The summed E-state index contributed by atoms with van der Waals surface area (Å²) in [7, 11) is 3.26. The van der Waals surface area contributed by atoms with E-state index in [-0.39, 0.29) is 5.54 Å². The fourth-order valence-electron chi connectivity index (χ4n) is 2.64. The average molecular weight is 326 g/mol. The number of hydrogen-bond acceptors (Lipinski definition) is 5. The highest BCUT2D eigenvalue weighted by Crippen LogP contribution is 2.41. The van der Waals surface area contributed by atoms with Crippen molar-refractivity contribution in [3.05, 3.63) is 36.8 Å². The van der Waals surface area contributed by atoms with Crippen molar-refractivity contribution in [2.24, 2.45) is 0 Å². The van der Waals surface area contributed by atoms with Crippen molar-refractivity contribution in [2.75, 3.05) is 19.5 Å². The number of ether oxygens (including phenoxy) is 2. The first-order valence-corrected chi connectivity index (χ1v) is 7.76. The quantitative estimate of drug-likeness (QED) is 0.793. The van der Waals surface area contributed by atoms with Gasteiger partial charge in [-0.2, -0.15) is 0 Å². The summed E-state index contributed by atoms with van der Waals surface area (Å²) in [5.41, 5.74) is 2.31. The summed E-state index contributed by atoms with van der Waals surface area (Å²) in [5, 5.41) is 3.54. The predicted molar refractivity (Wildman–Crippen MR) is 94.9 cm³/mol. The minimum Gasteiger partial charge on any atom is -0.493 e. The molecule has 6 heteroatoms. The maximum Gasteiger partial charge on any atom is 0.170 e. The molecule has 24 heavy (non-hydrogen) atoms. The van der Waals surface area contributed by atoms with E-state index in [1.165, 1.54) is 0 Å². The topological polar surface area (TPSA) is 60.7 Å². The molecule has 0 saturated heterocycles. The van der Waals surface area contributed by atoms with Crippen molar-refractivity contribution < 1.29 is 9.47 Å². The third-order valence-electron chi connectivity index (χ3n) is 3.58. The molecule has 2 aromatic heterocycles. The number of aromatic nitrogens is 3. The summed E-state index contributed by atoms with van der Waals surface area (Å²) in [6, 6.07) is 5.78. The van der Waals surface area contributed by atoms with Gasteiger partial charge < -0.3 is 14.8 Å². The monoisotopic (exact) mass is 326 g/mol. The van der Waals surface area contributed by atoms with Crippen LogP contribution in [-0.4, -0.2) is 34.1 Å². The molecule has 1 aromatic carbocycles. The Morgan fingerprint density at radius 3 is 2.58 bits per heavy atom. The van der Waals surface area contributed by atoms with E-state index in [0.29, 0.717) is 11.5 Å². The molecule has 3 aromatic rings. The lowest BCUT2D eigenvalue weighted by Gasteiger charge is -2.23. The summed E-state index contributed by atoms with van der Waals surface area (Å²) >= 11 is 0. The largest absolute Gasteiger partial charge is 0.493 e. The van der Waals surface area contributed by atoms with E-state index >= 15 is 0 Å². The molecule has 3 rings (SSSR count). The van der Waals surface area contributed by atoms with Crippen molar-refractivity contribution in [2.45, 2.75) is 26.3 Å². The van der Waals surface area contributed by atoms with Crippen LogP contribution in [0.2, 0.25) is 0 Å². The minimum absolute atomic E-state index is 0.125. The van der Waals surface area contributed by atoms with Gasteiger partial charge in [-0.25, -0.2) is 4.98 Å². The lowest BCUT2D eigenvalue weighted by Crippen LogP contribution is -2.27. The van der Waals surface area contributed by atoms with Gasteiger partial charge in [0.2, 0.25) is 0 Å². The van der Waals surface area contributed by atoms with Crippen LogP contribution in [0.1, 0.15) is 20.8 Å². The van der Waals surface area contributed by atoms with Gasteiger partial charge in [0.05, 0.1) is 20.4 Å². The van der Waals surface area contributed by atoms with Gasteiger partial charge in [0, 0.05) is 23.5 Å². The summed E-state index contributed by atoms with van der Waals surface area (Å²) in [6.07, 6.45) is 5.38. The second kappa shape index (κ2) is 6.03. The van der Waals surface area contributed by atoms with Crippen molar-refractivity contribution in [1.29, 1.82) is 0 Å². The number of hydrogen-bond donors (Lipinski definition) is 1. The molecule has 1 N–H and O–H groups in total. The highest BCUT2D eigenvalue weighted by Gasteiger charge is 2.22. The molecular weight excluding hydrogens is 304 g/mol. The number of imidazole rings is 1. The van der Waals surface area contributed by atoms with Crippen LogP contribution < -0.4 is 14.8 Å². The smallest absolute Gasteiger partial charge is 0.170 e. The van der Waals surface area contributed by atoms with Gasteiger partial charge in [-0.15, -0.1) is 0 Å². The molecular formula is C18H22N4O2. The van der Waals surface area contributed by atoms with E-state index in [1.54, 1.807) is 26.6 Å². The van der Waals surface area contributed by atoms with Crippen molar-refractivity contribution >= 4 is 11.5 Å². The molecule has 126 valence electrons. The summed E-state index contributed by atoms with van der Waals surface area (Å²) < 4.78 is 13.0. The predicted octanol–water partition coefficient (Wildman–Crippen LogP) is 3.62. The zero-order valence-corrected chi connectivity index (χ0v) is 14.6. The van der Waals surface area contributed by atoms with Gasteiger partial charge in [0.1, 0.15) is 11.5 Å². The van der Waals surface area contributed by atoms with Crippen LogP contribution in [0.5, 0.6) is 11.5 Å². The number of nitrogens with one attached hydrogen (secondary N) is 1. The highest BCUT2D eigenvalue weighted by molar-refractivity contribution is 5.82. The highest BCUT2D eigenvalue weighted by atomic mass is 16.5. The molecule has 6 nitrogen and oxygen atoms in total. The number of para-hydroxylation sites is 1. The summed E-state index contributed by atoms with van der Waals surface area (Å²) in [4.78, 5) is 8.92. The maximum absolute atomic E-state index is 5.59. The van der Waals surface area contributed by atoms with Gasteiger partial charge in [0.15, 0.2) is 17.1 Å². The van der Waals surface area contributed by atoms with Gasteiger partial charge >= 0.3 is 0 Å². The van der Waals surface area contributed by atoms with E-state index < -0.39 is 0 Å². The number of methoxy groups -OCH3 is 2. The van der Waals surface area contributed by atoms with Gasteiger partial charge in [-0.05, 0) is 32.9 Å². The number of fused-ring (bicyclic) bond motifs is 1. The lowest BCUT2D eigenvalue weighted by molar-refractivity contribution is 0.356. The number of nitrogens with zero attached hydrogens (tertiary/aromatic N) is 3. The average Bonchev–Trinajstić information content (AvgIpc) is 2.91. The Kier molecular flexibility index (Phi) is 4.05. The van der Waals surface area contributed by atoms with E-state index in [4.69, 9.17) is 14.5 Å². The van der Waals surface area contributed by atoms with E-state index in [1.807, 2.05) is 28.8 Å². The molecule has 0 aliphatic rings. The second-order valence-electron chi connectivity index (χ2n) is 6.53. The van der Waals surface area contributed by atoms with Crippen LogP contribution in [0.25, 0.3) is 16.9 Å².